The summed E-state index contributed by atoms with van der Waals surface area (Å²) in [5.74, 6) is -0.542. The fourth-order valence-corrected chi connectivity index (χ4v) is 2.58. The maximum absolute atomic E-state index is 10.9. The molecule has 0 saturated carbocycles. The zero-order chi connectivity index (χ0) is 16.8. The van der Waals surface area contributed by atoms with Crippen molar-refractivity contribution in [2.45, 2.75) is 13.1 Å². The van der Waals surface area contributed by atoms with Crippen LogP contribution in [0.25, 0.3) is 17.0 Å². The lowest BCUT2D eigenvalue weighted by Gasteiger charge is -2.05. The minimum absolute atomic E-state index is 0.542. The van der Waals surface area contributed by atoms with Crippen LogP contribution in [0.1, 0.15) is 16.7 Å². The van der Waals surface area contributed by atoms with Crippen LogP contribution in [0.15, 0.2) is 60.8 Å². The van der Waals surface area contributed by atoms with Gasteiger partial charge in [0, 0.05) is 36.3 Å². The first kappa shape index (κ1) is 16.0. The van der Waals surface area contributed by atoms with Crippen LogP contribution in [-0.4, -0.2) is 16.1 Å². The van der Waals surface area contributed by atoms with E-state index in [2.05, 4.69) is 22.4 Å². The van der Waals surface area contributed by atoms with Crippen LogP contribution in [0.2, 0.25) is 0 Å². The van der Waals surface area contributed by atoms with E-state index >= 15 is 0 Å². The number of hydrogen-bond donors (Lipinski definition) is 4. The van der Waals surface area contributed by atoms with Gasteiger partial charge in [-0.15, -0.1) is 0 Å². The Hall–Kier alpha value is -2.89. The topological polar surface area (TPSA) is 77.2 Å². The van der Waals surface area contributed by atoms with Gasteiger partial charge in [0.05, 0.1) is 0 Å². The molecule has 3 aromatic rings. The first-order valence-corrected chi connectivity index (χ1v) is 7.73. The van der Waals surface area contributed by atoms with Gasteiger partial charge in [-0.1, -0.05) is 42.5 Å². The average Bonchev–Trinajstić information content (AvgIpc) is 3.04. The molecule has 0 radical (unpaired) electrons. The number of carbonyl (C=O) groups is 1. The lowest BCUT2D eigenvalue weighted by molar-refractivity contribution is -0.124. The van der Waals surface area contributed by atoms with E-state index in [-0.39, 0.29) is 0 Å². The van der Waals surface area contributed by atoms with Crippen molar-refractivity contribution in [1.82, 2.24) is 15.8 Å². The molecule has 0 aliphatic heterocycles. The zero-order valence-corrected chi connectivity index (χ0v) is 13.1. The molecule has 0 unspecified atom stereocenters. The Bertz CT molecular complexity index is 850. The zero-order valence-electron chi connectivity index (χ0n) is 13.1. The van der Waals surface area contributed by atoms with E-state index in [1.54, 1.807) is 11.6 Å². The minimum atomic E-state index is -0.542. The lowest BCUT2D eigenvalue weighted by atomic mass is 10.1. The van der Waals surface area contributed by atoms with Crippen LogP contribution >= 0.6 is 0 Å². The summed E-state index contributed by atoms with van der Waals surface area (Å²) in [5.41, 5.74) is 6.03. The van der Waals surface area contributed by atoms with Crippen molar-refractivity contribution in [2.24, 2.45) is 0 Å². The second kappa shape index (κ2) is 7.59. The lowest BCUT2D eigenvalue weighted by Crippen LogP contribution is -2.14. The summed E-state index contributed by atoms with van der Waals surface area (Å²) in [5, 5.41) is 13.1. The number of aromatic amines is 1. The number of hydrogen-bond acceptors (Lipinski definition) is 3. The molecule has 1 amide bonds. The molecule has 0 aliphatic rings. The molecule has 24 heavy (non-hydrogen) atoms. The van der Waals surface area contributed by atoms with Gasteiger partial charge in [0.15, 0.2) is 0 Å². The molecular formula is C19H19N3O2. The highest BCUT2D eigenvalue weighted by atomic mass is 16.5. The van der Waals surface area contributed by atoms with Gasteiger partial charge in [0.1, 0.15) is 0 Å². The number of fused-ring (bicyclic) bond motifs is 1. The molecule has 5 heteroatoms. The van der Waals surface area contributed by atoms with Gasteiger partial charge < -0.3 is 10.3 Å². The molecule has 0 spiro atoms. The van der Waals surface area contributed by atoms with E-state index in [0.717, 1.165) is 24.2 Å². The Kier molecular flexibility index (Phi) is 5.05. The summed E-state index contributed by atoms with van der Waals surface area (Å²) in [6.07, 6.45) is 4.97. The van der Waals surface area contributed by atoms with Gasteiger partial charge in [-0.05, 0) is 28.8 Å². The van der Waals surface area contributed by atoms with Crippen molar-refractivity contribution in [3.63, 3.8) is 0 Å². The second-order valence-electron chi connectivity index (χ2n) is 5.51. The van der Waals surface area contributed by atoms with E-state index in [1.807, 2.05) is 42.6 Å². The minimum Gasteiger partial charge on any atom is -0.361 e. The van der Waals surface area contributed by atoms with Gasteiger partial charge in [-0.3, -0.25) is 10.0 Å². The molecule has 1 heterocycles. The van der Waals surface area contributed by atoms with Crippen molar-refractivity contribution < 1.29 is 10.0 Å². The fourth-order valence-electron chi connectivity index (χ4n) is 2.58. The van der Waals surface area contributed by atoms with E-state index < -0.39 is 5.91 Å². The van der Waals surface area contributed by atoms with Crippen LogP contribution in [0.3, 0.4) is 0 Å². The molecule has 0 bridgehead atoms. The molecule has 0 atom stereocenters. The number of hydroxylamine groups is 1. The summed E-state index contributed by atoms with van der Waals surface area (Å²) in [6, 6.07) is 16.2. The number of rotatable bonds is 6. The van der Waals surface area contributed by atoms with Gasteiger partial charge >= 0.3 is 0 Å². The van der Waals surface area contributed by atoms with Crippen molar-refractivity contribution in [2.75, 3.05) is 0 Å². The third-order valence-electron chi connectivity index (χ3n) is 3.84. The number of para-hydroxylation sites is 1. The number of aromatic nitrogens is 1. The Morgan fingerprint density at radius 2 is 1.88 bits per heavy atom. The van der Waals surface area contributed by atoms with Crippen LogP contribution in [0.5, 0.6) is 0 Å². The molecule has 1 aromatic heterocycles. The smallest absolute Gasteiger partial charge is 0.267 e. The highest BCUT2D eigenvalue weighted by Gasteiger charge is 2.02. The van der Waals surface area contributed by atoms with Crippen LogP contribution in [0, 0.1) is 0 Å². The summed E-state index contributed by atoms with van der Waals surface area (Å²) in [6.45, 7) is 1.56. The van der Waals surface area contributed by atoms with Crippen LogP contribution < -0.4 is 10.8 Å². The molecule has 4 N–H and O–H groups in total. The molecule has 2 aromatic carbocycles. The number of H-pyrrole nitrogens is 1. The van der Waals surface area contributed by atoms with Crippen molar-refractivity contribution in [3.8, 4) is 0 Å². The monoisotopic (exact) mass is 321 g/mol. The second-order valence-corrected chi connectivity index (χ2v) is 5.51. The van der Waals surface area contributed by atoms with Gasteiger partial charge in [0.25, 0.3) is 5.91 Å². The van der Waals surface area contributed by atoms with Crippen molar-refractivity contribution in [1.29, 1.82) is 0 Å². The maximum Gasteiger partial charge on any atom is 0.267 e. The number of carbonyl (C=O) groups excluding carboxylic acids is 1. The summed E-state index contributed by atoms with van der Waals surface area (Å²) in [7, 11) is 0. The summed E-state index contributed by atoms with van der Waals surface area (Å²) in [4.78, 5) is 14.2. The summed E-state index contributed by atoms with van der Waals surface area (Å²) >= 11 is 0. The van der Waals surface area contributed by atoms with Gasteiger partial charge in [0.2, 0.25) is 0 Å². The normalized spacial score (nSPS) is 11.2. The van der Waals surface area contributed by atoms with Gasteiger partial charge in [-0.25, -0.2) is 5.48 Å². The SMILES string of the molecule is O=C(/C=C/c1ccc(CNCc2c[nH]c3ccccc23)cc1)NO. The predicted molar refractivity (Wildman–Crippen MR) is 94.2 cm³/mol. The molecule has 0 fully saturated rings. The van der Waals surface area contributed by atoms with Crippen molar-refractivity contribution >= 4 is 22.9 Å². The average molecular weight is 321 g/mol. The quantitative estimate of drug-likeness (QED) is 0.320. The Balaban J connectivity index is 1.55. The molecule has 0 aliphatic carbocycles. The number of nitrogens with one attached hydrogen (secondary N) is 3. The molecule has 5 nitrogen and oxygen atoms in total. The van der Waals surface area contributed by atoms with E-state index in [0.29, 0.717) is 0 Å². The Morgan fingerprint density at radius 3 is 2.67 bits per heavy atom. The fraction of sp³-hybridized carbons (Fsp3) is 0.105. The standard InChI is InChI=1S/C19H19N3O2/c23-19(22-24)10-9-14-5-7-15(8-6-14)11-20-12-16-13-21-18-4-2-1-3-17(16)18/h1-10,13,20-21,24H,11-12H2,(H,22,23)/b10-9+. The van der Waals surface area contributed by atoms with E-state index in [4.69, 9.17) is 5.21 Å². The molecular weight excluding hydrogens is 302 g/mol. The number of amides is 1. The first-order chi connectivity index (χ1) is 11.8. The van der Waals surface area contributed by atoms with Crippen LogP contribution in [-0.2, 0) is 17.9 Å². The van der Waals surface area contributed by atoms with E-state index in [9.17, 15) is 4.79 Å². The van der Waals surface area contributed by atoms with Crippen molar-refractivity contribution in [3.05, 3.63) is 77.5 Å². The summed E-state index contributed by atoms with van der Waals surface area (Å²) < 4.78 is 0. The van der Waals surface area contributed by atoms with E-state index in [1.165, 1.54) is 22.6 Å². The highest BCUT2D eigenvalue weighted by molar-refractivity contribution is 5.90. The molecule has 122 valence electrons. The third kappa shape index (κ3) is 3.90. The number of benzene rings is 2. The highest BCUT2D eigenvalue weighted by Crippen LogP contribution is 2.17. The first-order valence-electron chi connectivity index (χ1n) is 7.73. The Labute approximate surface area is 140 Å². The molecule has 3 rings (SSSR count). The molecule has 0 saturated heterocycles. The predicted octanol–water partition coefficient (Wildman–Crippen LogP) is 2.98. The van der Waals surface area contributed by atoms with Gasteiger partial charge in [-0.2, -0.15) is 0 Å². The largest absolute Gasteiger partial charge is 0.361 e. The maximum atomic E-state index is 10.9. The third-order valence-corrected chi connectivity index (χ3v) is 3.84. The van der Waals surface area contributed by atoms with Crippen LogP contribution in [0.4, 0.5) is 0 Å². The Morgan fingerprint density at radius 1 is 1.08 bits per heavy atom.